The van der Waals surface area contributed by atoms with Crippen LogP contribution >= 0.6 is 0 Å². The van der Waals surface area contributed by atoms with Gasteiger partial charge in [-0.15, -0.1) is 0 Å². The van der Waals surface area contributed by atoms with Crippen LogP contribution in [0.5, 0.6) is 0 Å². The van der Waals surface area contributed by atoms with Crippen molar-refractivity contribution in [2.45, 2.75) is 78.9 Å². The highest BCUT2D eigenvalue weighted by molar-refractivity contribution is 6.36. The highest BCUT2D eigenvalue weighted by Gasteiger charge is 2.30. The molecule has 138 valence electrons. The lowest BCUT2D eigenvalue weighted by Crippen LogP contribution is -2.30. The highest BCUT2D eigenvalue weighted by Crippen LogP contribution is 2.06. The summed E-state index contributed by atoms with van der Waals surface area (Å²) in [7, 11) is 0. The van der Waals surface area contributed by atoms with Gasteiger partial charge in [0.2, 0.25) is 0 Å². The monoisotopic (exact) mass is 348 g/mol. The molecule has 0 radical (unpaired) electrons. The van der Waals surface area contributed by atoms with Gasteiger partial charge in [-0.2, -0.15) is 0 Å². The van der Waals surface area contributed by atoms with Crippen molar-refractivity contribution in [1.29, 1.82) is 0 Å². The van der Waals surface area contributed by atoms with E-state index in [-0.39, 0.29) is 6.29 Å². The Labute approximate surface area is 148 Å². The van der Waals surface area contributed by atoms with Crippen molar-refractivity contribution in [3.05, 3.63) is 0 Å². The third-order valence-electron chi connectivity index (χ3n) is 3.13. The van der Waals surface area contributed by atoms with Crippen LogP contribution in [0.1, 0.15) is 72.6 Å². The molecule has 0 aliphatic heterocycles. The molecule has 0 saturated carbocycles. The molecular formula is C17H37AlO5. The maximum atomic E-state index is 5.82. The van der Waals surface area contributed by atoms with E-state index in [1.807, 2.05) is 0 Å². The molecule has 0 spiro atoms. The largest absolute Gasteiger partial charge is 0.905 e. The molecule has 0 fully saturated rings. The number of hydrogen-bond donors (Lipinski definition) is 0. The Bertz CT molecular complexity index is 213. The zero-order chi connectivity index (χ0) is 17.2. The molecular weight excluding hydrogens is 311 g/mol. The van der Waals surface area contributed by atoms with Crippen LogP contribution in [0.3, 0.4) is 0 Å². The lowest BCUT2D eigenvalue weighted by atomic mass is 10.3. The van der Waals surface area contributed by atoms with Gasteiger partial charge in [0.05, 0.1) is 0 Å². The van der Waals surface area contributed by atoms with Gasteiger partial charge in [0, 0.05) is 39.5 Å². The van der Waals surface area contributed by atoms with E-state index in [1.165, 1.54) is 0 Å². The molecule has 23 heavy (non-hydrogen) atoms. The summed E-state index contributed by atoms with van der Waals surface area (Å²) in [6, 6.07) is 0. The Kier molecular flexibility index (Phi) is 18.9. The van der Waals surface area contributed by atoms with Gasteiger partial charge < -0.3 is 20.8 Å². The van der Waals surface area contributed by atoms with Crippen LogP contribution in [0.25, 0.3) is 0 Å². The van der Waals surface area contributed by atoms with E-state index < -0.39 is 15.1 Å². The third kappa shape index (κ3) is 15.6. The first-order valence-electron chi connectivity index (χ1n) is 9.36. The van der Waals surface area contributed by atoms with Crippen LogP contribution in [-0.2, 0) is 20.8 Å². The summed E-state index contributed by atoms with van der Waals surface area (Å²) in [4.78, 5) is 0. The van der Waals surface area contributed by atoms with E-state index >= 15 is 0 Å². The van der Waals surface area contributed by atoms with E-state index in [9.17, 15) is 0 Å². The molecule has 0 aromatic heterocycles. The van der Waals surface area contributed by atoms with Gasteiger partial charge in [0.25, 0.3) is 0 Å². The summed E-state index contributed by atoms with van der Waals surface area (Å²) in [6.07, 6.45) is 6.88. The van der Waals surface area contributed by atoms with Crippen molar-refractivity contribution in [3.63, 3.8) is 0 Å². The van der Waals surface area contributed by atoms with E-state index in [2.05, 4.69) is 27.7 Å². The minimum absolute atomic E-state index is 0.180. The summed E-state index contributed by atoms with van der Waals surface area (Å²) < 4.78 is 28.8. The lowest BCUT2D eigenvalue weighted by Gasteiger charge is -2.20. The predicted octanol–water partition coefficient (Wildman–Crippen LogP) is 4.19. The third-order valence-corrected chi connectivity index (χ3v) is 4.65. The van der Waals surface area contributed by atoms with Crippen LogP contribution in [0.4, 0.5) is 0 Å². The Hall–Kier alpha value is 0.332. The molecule has 0 rings (SSSR count). The van der Waals surface area contributed by atoms with Crippen LogP contribution in [0.2, 0.25) is 0 Å². The molecule has 0 amide bonds. The zero-order valence-corrected chi connectivity index (χ0v) is 16.8. The average molecular weight is 348 g/mol. The maximum Gasteiger partial charge on any atom is 0.905 e. The second kappa shape index (κ2) is 18.7. The Balaban J connectivity index is 4.04. The molecule has 0 N–H and O–H groups in total. The minimum Gasteiger partial charge on any atom is -0.454 e. The Morgan fingerprint density at radius 2 is 1.09 bits per heavy atom. The molecule has 0 atom stereocenters. The van der Waals surface area contributed by atoms with E-state index in [4.69, 9.17) is 20.8 Å². The van der Waals surface area contributed by atoms with Gasteiger partial charge >= 0.3 is 15.1 Å². The number of unbranched alkanes of at least 4 members (excludes halogenated alkanes) is 2. The van der Waals surface area contributed by atoms with Crippen LogP contribution in [-0.4, -0.2) is 54.5 Å². The zero-order valence-electron chi connectivity index (χ0n) is 15.7. The maximum absolute atomic E-state index is 5.82. The first kappa shape index (κ1) is 23.3. The van der Waals surface area contributed by atoms with E-state index in [0.29, 0.717) is 19.8 Å². The quantitative estimate of drug-likeness (QED) is 0.211. The molecule has 0 unspecified atom stereocenters. The highest BCUT2D eigenvalue weighted by atomic mass is 27.3. The van der Waals surface area contributed by atoms with Crippen molar-refractivity contribution in [2.75, 3.05) is 33.0 Å². The summed E-state index contributed by atoms with van der Waals surface area (Å²) in [5.74, 6) is 0. The molecule has 0 bridgehead atoms. The fourth-order valence-electron chi connectivity index (χ4n) is 1.77. The Morgan fingerprint density at radius 1 is 0.609 bits per heavy atom. The molecule has 0 heterocycles. The second-order valence-corrected chi connectivity index (χ2v) is 7.15. The first-order valence-corrected chi connectivity index (χ1v) is 10.8. The first-order chi connectivity index (χ1) is 11.3. The van der Waals surface area contributed by atoms with Crippen molar-refractivity contribution in [3.8, 4) is 0 Å². The van der Waals surface area contributed by atoms with Crippen molar-refractivity contribution >= 4 is 15.1 Å². The molecule has 6 heteroatoms. The molecule has 0 saturated heterocycles. The van der Waals surface area contributed by atoms with Gasteiger partial charge in [0.1, 0.15) is 0 Å². The summed E-state index contributed by atoms with van der Waals surface area (Å²) in [6.45, 7) is 11.9. The van der Waals surface area contributed by atoms with Crippen molar-refractivity contribution in [2.24, 2.45) is 0 Å². The van der Waals surface area contributed by atoms with E-state index in [0.717, 1.165) is 58.2 Å². The van der Waals surface area contributed by atoms with Crippen molar-refractivity contribution in [1.82, 2.24) is 0 Å². The van der Waals surface area contributed by atoms with Crippen LogP contribution in [0.15, 0.2) is 0 Å². The van der Waals surface area contributed by atoms with Crippen molar-refractivity contribution < 1.29 is 20.8 Å². The fourth-order valence-corrected chi connectivity index (χ4v) is 3.24. The van der Waals surface area contributed by atoms with Gasteiger partial charge in [-0.1, -0.05) is 40.5 Å². The normalized spacial score (nSPS) is 11.3. The minimum atomic E-state index is -2.01. The molecule has 0 aromatic rings. The molecule has 5 nitrogen and oxygen atoms in total. The van der Waals surface area contributed by atoms with E-state index in [1.54, 1.807) is 0 Å². The summed E-state index contributed by atoms with van der Waals surface area (Å²) in [5.41, 5.74) is 0. The fraction of sp³-hybridized carbons (Fsp3) is 1.00. The predicted molar refractivity (Wildman–Crippen MR) is 94.3 cm³/mol. The lowest BCUT2D eigenvalue weighted by molar-refractivity contribution is -0.151. The topological polar surface area (TPSA) is 46.2 Å². The average Bonchev–Trinajstić information content (AvgIpc) is 2.56. The van der Waals surface area contributed by atoms with Gasteiger partial charge in [-0.05, 0) is 25.7 Å². The second-order valence-electron chi connectivity index (χ2n) is 5.57. The summed E-state index contributed by atoms with van der Waals surface area (Å²) in [5, 5.41) is 0. The summed E-state index contributed by atoms with van der Waals surface area (Å²) >= 11 is -2.01. The molecule has 0 aliphatic carbocycles. The number of hydrogen-bond acceptors (Lipinski definition) is 5. The van der Waals surface area contributed by atoms with Gasteiger partial charge in [-0.3, -0.25) is 0 Å². The Morgan fingerprint density at radius 3 is 1.52 bits per heavy atom. The molecule has 0 aliphatic rings. The SMILES string of the molecule is CCCCOC(CC[O][Al]([O]CCC)[O]CCC)OCCCC. The van der Waals surface area contributed by atoms with Gasteiger partial charge in [0.15, 0.2) is 6.29 Å². The number of rotatable bonds is 18. The number of ether oxygens (including phenoxy) is 2. The molecule has 0 aromatic carbocycles. The smallest absolute Gasteiger partial charge is 0.454 e. The van der Waals surface area contributed by atoms with Gasteiger partial charge in [-0.25, -0.2) is 0 Å². The van der Waals surface area contributed by atoms with Crippen LogP contribution < -0.4 is 0 Å². The standard InChI is InChI=1S/C11H23O3.2C3H7O.Al/c1-3-5-9-13-11(7-8-12)14-10-6-4-2;2*1-2-3-4;/h11H,3-10H2,1-2H3;2*2-3H2,1H3;/q3*-1;+3. The van der Waals surface area contributed by atoms with Crippen LogP contribution in [0, 0.1) is 0 Å².